The molecule has 2 nitrogen and oxygen atoms in total. The van der Waals surface area contributed by atoms with Gasteiger partial charge in [-0.3, -0.25) is 0 Å². The Balaban J connectivity index is 1.69. The lowest BCUT2D eigenvalue weighted by molar-refractivity contribution is 1.03. The second kappa shape index (κ2) is 4.90. The Bertz CT molecular complexity index is 559. The van der Waals surface area contributed by atoms with E-state index in [4.69, 9.17) is 11.6 Å². The summed E-state index contributed by atoms with van der Waals surface area (Å²) in [6.45, 7) is 0. The van der Waals surface area contributed by atoms with Gasteiger partial charge in [0.2, 0.25) is 0 Å². The molecule has 2 aromatic rings. The summed E-state index contributed by atoms with van der Waals surface area (Å²) in [7, 11) is 0. The van der Waals surface area contributed by atoms with Crippen LogP contribution in [0, 0.1) is 0 Å². The van der Waals surface area contributed by atoms with E-state index < -0.39 is 0 Å². The fourth-order valence-corrected chi connectivity index (χ4v) is 2.80. The van der Waals surface area contributed by atoms with Gasteiger partial charge in [-0.15, -0.1) is 0 Å². The maximum absolute atomic E-state index is 6.14. The molecule has 1 saturated carbocycles. The van der Waals surface area contributed by atoms with E-state index in [-0.39, 0.29) is 0 Å². The molecule has 4 heteroatoms. The van der Waals surface area contributed by atoms with Crippen molar-refractivity contribution >= 4 is 33.3 Å². The standard InChI is InChI=1S/C14H12BrClN2/c15-10-6-12(16)14(17-8-10)18-13-7-11(13)9-4-2-1-3-5-9/h1-6,8,11,13H,7H2,(H,17,18). The zero-order chi connectivity index (χ0) is 12.5. The number of aromatic nitrogens is 1. The molecule has 0 spiro atoms. The number of nitrogens with one attached hydrogen (secondary N) is 1. The van der Waals surface area contributed by atoms with Gasteiger partial charge >= 0.3 is 0 Å². The van der Waals surface area contributed by atoms with Crippen LogP contribution in [-0.2, 0) is 0 Å². The van der Waals surface area contributed by atoms with Crippen LogP contribution >= 0.6 is 27.5 Å². The van der Waals surface area contributed by atoms with Gasteiger partial charge in [0.1, 0.15) is 5.82 Å². The van der Waals surface area contributed by atoms with E-state index >= 15 is 0 Å². The fraction of sp³-hybridized carbons (Fsp3) is 0.214. The quantitative estimate of drug-likeness (QED) is 0.901. The predicted molar refractivity (Wildman–Crippen MR) is 78.2 cm³/mol. The van der Waals surface area contributed by atoms with E-state index in [9.17, 15) is 0 Å². The molecule has 1 aromatic carbocycles. The molecule has 1 N–H and O–H groups in total. The van der Waals surface area contributed by atoms with Crippen LogP contribution in [0.1, 0.15) is 17.9 Å². The Kier molecular flexibility index (Phi) is 3.27. The zero-order valence-electron chi connectivity index (χ0n) is 9.61. The molecule has 1 fully saturated rings. The molecule has 0 saturated heterocycles. The van der Waals surface area contributed by atoms with E-state index in [2.05, 4.69) is 50.5 Å². The Morgan fingerprint density at radius 2 is 2.06 bits per heavy atom. The first kappa shape index (κ1) is 12.0. The maximum atomic E-state index is 6.14. The highest BCUT2D eigenvalue weighted by molar-refractivity contribution is 9.10. The van der Waals surface area contributed by atoms with E-state index in [1.165, 1.54) is 5.56 Å². The fourth-order valence-electron chi connectivity index (χ4n) is 2.12. The molecule has 2 unspecified atom stereocenters. The third-order valence-corrected chi connectivity index (χ3v) is 3.87. The van der Waals surface area contributed by atoms with E-state index in [0.717, 1.165) is 16.7 Å². The largest absolute Gasteiger partial charge is 0.365 e. The van der Waals surface area contributed by atoms with Gasteiger partial charge in [0.05, 0.1) is 5.02 Å². The SMILES string of the molecule is Clc1cc(Br)cnc1NC1CC1c1ccccc1. The lowest BCUT2D eigenvalue weighted by atomic mass is 10.1. The monoisotopic (exact) mass is 322 g/mol. The normalized spacial score (nSPS) is 21.7. The summed E-state index contributed by atoms with van der Waals surface area (Å²) in [6.07, 6.45) is 2.90. The summed E-state index contributed by atoms with van der Waals surface area (Å²) in [4.78, 5) is 4.30. The van der Waals surface area contributed by atoms with E-state index in [0.29, 0.717) is 17.0 Å². The average molecular weight is 324 g/mol. The molecule has 1 aliphatic rings. The van der Waals surface area contributed by atoms with Crippen LogP contribution in [0.5, 0.6) is 0 Å². The Morgan fingerprint density at radius 3 is 2.78 bits per heavy atom. The molecule has 3 rings (SSSR count). The van der Waals surface area contributed by atoms with E-state index in [1.807, 2.05) is 12.1 Å². The van der Waals surface area contributed by atoms with Gasteiger partial charge in [-0.25, -0.2) is 4.98 Å². The van der Waals surface area contributed by atoms with Gasteiger partial charge in [-0.1, -0.05) is 41.9 Å². The Hall–Kier alpha value is -1.06. The number of hydrogen-bond donors (Lipinski definition) is 1. The van der Waals surface area contributed by atoms with Gasteiger partial charge in [-0.05, 0) is 34.0 Å². The van der Waals surface area contributed by atoms with Crippen LogP contribution in [0.4, 0.5) is 5.82 Å². The highest BCUT2D eigenvalue weighted by Crippen LogP contribution is 2.43. The summed E-state index contributed by atoms with van der Waals surface area (Å²) < 4.78 is 0.897. The third kappa shape index (κ3) is 2.52. The average Bonchev–Trinajstić information content (AvgIpc) is 3.13. The molecule has 92 valence electrons. The van der Waals surface area contributed by atoms with E-state index in [1.54, 1.807) is 6.20 Å². The van der Waals surface area contributed by atoms with Gasteiger partial charge in [-0.2, -0.15) is 0 Å². The first-order chi connectivity index (χ1) is 8.74. The third-order valence-electron chi connectivity index (χ3n) is 3.15. The summed E-state index contributed by atoms with van der Waals surface area (Å²) in [5.74, 6) is 1.34. The molecule has 0 aliphatic heterocycles. The molecule has 18 heavy (non-hydrogen) atoms. The Morgan fingerprint density at radius 1 is 1.28 bits per heavy atom. The summed E-state index contributed by atoms with van der Waals surface area (Å²) >= 11 is 9.49. The van der Waals surface area contributed by atoms with Crippen molar-refractivity contribution in [2.45, 2.75) is 18.4 Å². The van der Waals surface area contributed by atoms with Crippen LogP contribution in [-0.4, -0.2) is 11.0 Å². The first-order valence-electron chi connectivity index (χ1n) is 5.86. The minimum absolute atomic E-state index is 0.443. The maximum Gasteiger partial charge on any atom is 0.145 e. The number of anilines is 1. The van der Waals surface area contributed by atoms with Crippen LogP contribution < -0.4 is 5.32 Å². The number of nitrogens with zero attached hydrogens (tertiary/aromatic N) is 1. The molecule has 0 amide bonds. The van der Waals surface area contributed by atoms with Crippen molar-refractivity contribution in [3.05, 3.63) is 57.7 Å². The second-order valence-electron chi connectivity index (χ2n) is 4.49. The number of benzene rings is 1. The van der Waals surface area contributed by atoms with Crippen molar-refractivity contribution in [2.24, 2.45) is 0 Å². The highest BCUT2D eigenvalue weighted by atomic mass is 79.9. The lowest BCUT2D eigenvalue weighted by Crippen LogP contribution is -2.06. The van der Waals surface area contributed by atoms with Crippen LogP contribution in [0.25, 0.3) is 0 Å². The minimum atomic E-state index is 0.443. The van der Waals surface area contributed by atoms with Gasteiger partial charge < -0.3 is 5.32 Å². The highest BCUT2D eigenvalue weighted by Gasteiger charge is 2.38. The predicted octanol–water partition coefficient (Wildman–Crippen LogP) is 4.47. The second-order valence-corrected chi connectivity index (χ2v) is 5.81. The molecule has 1 aliphatic carbocycles. The lowest BCUT2D eigenvalue weighted by Gasteiger charge is -2.07. The zero-order valence-corrected chi connectivity index (χ0v) is 11.9. The molecule has 2 atom stereocenters. The van der Waals surface area contributed by atoms with Gasteiger partial charge in [0.25, 0.3) is 0 Å². The molecule has 0 radical (unpaired) electrons. The minimum Gasteiger partial charge on any atom is -0.365 e. The van der Waals surface area contributed by atoms with Crippen molar-refractivity contribution in [1.29, 1.82) is 0 Å². The first-order valence-corrected chi connectivity index (χ1v) is 7.03. The molecule has 0 bridgehead atoms. The molecule has 1 aromatic heterocycles. The molecule has 1 heterocycles. The number of pyridine rings is 1. The van der Waals surface area contributed by atoms with Crippen LogP contribution in [0.3, 0.4) is 0 Å². The topological polar surface area (TPSA) is 24.9 Å². The molecular formula is C14H12BrClN2. The van der Waals surface area contributed by atoms with Gasteiger partial charge in [0, 0.05) is 22.6 Å². The number of halogens is 2. The van der Waals surface area contributed by atoms with Gasteiger partial charge in [0.15, 0.2) is 0 Å². The smallest absolute Gasteiger partial charge is 0.145 e. The van der Waals surface area contributed by atoms with Crippen molar-refractivity contribution in [3.63, 3.8) is 0 Å². The van der Waals surface area contributed by atoms with Crippen molar-refractivity contribution in [3.8, 4) is 0 Å². The summed E-state index contributed by atoms with van der Waals surface area (Å²) in [6, 6.07) is 12.8. The molecular weight excluding hydrogens is 312 g/mol. The van der Waals surface area contributed by atoms with Crippen LogP contribution in [0.2, 0.25) is 5.02 Å². The number of hydrogen-bond acceptors (Lipinski definition) is 2. The van der Waals surface area contributed by atoms with Crippen molar-refractivity contribution < 1.29 is 0 Å². The summed E-state index contributed by atoms with van der Waals surface area (Å²) in [5, 5.41) is 4.05. The van der Waals surface area contributed by atoms with Crippen molar-refractivity contribution in [2.75, 3.05) is 5.32 Å². The van der Waals surface area contributed by atoms with Crippen molar-refractivity contribution in [1.82, 2.24) is 4.98 Å². The van der Waals surface area contributed by atoms with Crippen LogP contribution in [0.15, 0.2) is 47.1 Å². The number of rotatable bonds is 3. The summed E-state index contributed by atoms with van der Waals surface area (Å²) in [5.41, 5.74) is 1.38. The Labute approximate surface area is 120 Å².